The van der Waals surface area contributed by atoms with E-state index < -0.39 is 0 Å². The van der Waals surface area contributed by atoms with Crippen molar-refractivity contribution in [2.45, 2.75) is 52.5 Å². The van der Waals surface area contributed by atoms with Crippen LogP contribution in [0.3, 0.4) is 0 Å². The molecule has 1 saturated carbocycles. The van der Waals surface area contributed by atoms with Gasteiger partial charge in [0.05, 0.1) is 0 Å². The number of nitrogens with one attached hydrogen (secondary N) is 1. The molecule has 0 saturated heterocycles. The normalized spacial score (nSPS) is 22.0. The fraction of sp³-hybridized carbons (Fsp3) is 0.562. The van der Waals surface area contributed by atoms with Gasteiger partial charge in [-0.1, -0.05) is 48.7 Å². The Bertz CT molecular complexity index is 482. The Kier molecular flexibility index (Phi) is 4.34. The first kappa shape index (κ1) is 14.6. The minimum absolute atomic E-state index is 0.0423. The molecule has 1 aliphatic rings. The highest BCUT2D eigenvalue weighted by Crippen LogP contribution is 2.35. The minimum Gasteiger partial charge on any atom is -0.349 e. The number of carbonyl (C=O) groups excluding carboxylic acids is 1. The molecule has 1 N–H and O–H groups in total. The second-order valence-electron chi connectivity index (χ2n) is 6.22. The van der Waals surface area contributed by atoms with Gasteiger partial charge in [-0.2, -0.15) is 0 Å². The highest BCUT2D eigenvalue weighted by atomic mass is 79.9. The summed E-state index contributed by atoms with van der Waals surface area (Å²) in [6.07, 6.45) is 4.77. The summed E-state index contributed by atoms with van der Waals surface area (Å²) in [6.45, 7) is 6.53. The Morgan fingerprint density at radius 3 is 2.74 bits per heavy atom. The number of hydrogen-bond acceptors (Lipinski definition) is 1. The molecule has 0 bridgehead atoms. The van der Waals surface area contributed by atoms with E-state index in [1.807, 2.05) is 25.1 Å². The molecule has 2 nitrogen and oxygen atoms in total. The van der Waals surface area contributed by atoms with Gasteiger partial charge in [-0.3, -0.25) is 4.79 Å². The van der Waals surface area contributed by atoms with Crippen molar-refractivity contribution in [1.29, 1.82) is 0 Å². The standard InChI is InChI=1S/C16H22BrNO/c1-11-7-8-12(10-13(11)17)15(19)18-14-6-4-5-9-16(14,2)3/h7-8,10,14H,4-6,9H2,1-3H3,(H,18,19). The highest BCUT2D eigenvalue weighted by molar-refractivity contribution is 9.10. The topological polar surface area (TPSA) is 29.1 Å². The number of carbonyl (C=O) groups is 1. The second kappa shape index (κ2) is 5.66. The molecule has 19 heavy (non-hydrogen) atoms. The van der Waals surface area contributed by atoms with Crippen LogP contribution in [0.25, 0.3) is 0 Å². The molecule has 0 aliphatic heterocycles. The lowest BCUT2D eigenvalue weighted by Gasteiger charge is -2.39. The number of rotatable bonds is 2. The molecular formula is C16H22BrNO. The minimum atomic E-state index is 0.0423. The summed E-state index contributed by atoms with van der Waals surface area (Å²) < 4.78 is 0.989. The van der Waals surface area contributed by atoms with Crippen LogP contribution >= 0.6 is 15.9 Å². The molecule has 1 aromatic carbocycles. The van der Waals surface area contributed by atoms with Crippen molar-refractivity contribution in [1.82, 2.24) is 5.32 Å². The van der Waals surface area contributed by atoms with Crippen LogP contribution in [-0.2, 0) is 0 Å². The number of hydrogen-bond donors (Lipinski definition) is 1. The molecule has 1 aliphatic carbocycles. The van der Waals surface area contributed by atoms with Gasteiger partial charge in [-0.25, -0.2) is 0 Å². The second-order valence-corrected chi connectivity index (χ2v) is 7.08. The molecule has 2 rings (SSSR count). The molecule has 104 valence electrons. The lowest BCUT2D eigenvalue weighted by atomic mass is 9.73. The number of amides is 1. The van der Waals surface area contributed by atoms with Gasteiger partial charge in [-0.05, 0) is 42.9 Å². The first-order valence-electron chi connectivity index (χ1n) is 6.97. The van der Waals surface area contributed by atoms with Gasteiger partial charge in [0, 0.05) is 16.1 Å². The maximum absolute atomic E-state index is 12.3. The van der Waals surface area contributed by atoms with Gasteiger partial charge >= 0.3 is 0 Å². The summed E-state index contributed by atoms with van der Waals surface area (Å²) in [6, 6.07) is 6.06. The molecule has 1 unspecified atom stereocenters. The quantitative estimate of drug-likeness (QED) is 0.855. The van der Waals surface area contributed by atoms with Crippen LogP contribution in [0, 0.1) is 12.3 Å². The largest absolute Gasteiger partial charge is 0.349 e. The van der Waals surface area contributed by atoms with Crippen molar-refractivity contribution < 1.29 is 4.79 Å². The molecule has 0 spiro atoms. The molecule has 1 aromatic rings. The average Bonchev–Trinajstić information content (AvgIpc) is 2.35. The van der Waals surface area contributed by atoms with Crippen LogP contribution < -0.4 is 5.32 Å². The van der Waals surface area contributed by atoms with E-state index in [0.717, 1.165) is 22.0 Å². The first-order valence-corrected chi connectivity index (χ1v) is 7.76. The van der Waals surface area contributed by atoms with Crippen molar-refractivity contribution in [3.05, 3.63) is 33.8 Å². The fourth-order valence-electron chi connectivity index (χ4n) is 2.74. The lowest BCUT2D eigenvalue weighted by molar-refractivity contribution is 0.0853. The number of aryl methyl sites for hydroxylation is 1. The molecule has 1 fully saturated rings. The van der Waals surface area contributed by atoms with E-state index in [1.54, 1.807) is 0 Å². The third-order valence-electron chi connectivity index (χ3n) is 4.25. The van der Waals surface area contributed by atoms with Crippen molar-refractivity contribution in [2.24, 2.45) is 5.41 Å². The predicted octanol–water partition coefficient (Wildman–Crippen LogP) is 4.46. The van der Waals surface area contributed by atoms with Crippen LogP contribution in [0.5, 0.6) is 0 Å². The van der Waals surface area contributed by atoms with E-state index in [4.69, 9.17) is 0 Å². The van der Waals surface area contributed by atoms with Crippen LogP contribution in [0.15, 0.2) is 22.7 Å². The van der Waals surface area contributed by atoms with Crippen LogP contribution in [0.2, 0.25) is 0 Å². The van der Waals surface area contributed by atoms with Crippen LogP contribution in [-0.4, -0.2) is 11.9 Å². The summed E-state index contributed by atoms with van der Waals surface area (Å²) in [5.41, 5.74) is 2.09. The van der Waals surface area contributed by atoms with Crippen LogP contribution in [0.4, 0.5) is 0 Å². The summed E-state index contributed by atoms with van der Waals surface area (Å²) in [5.74, 6) is 0.0423. The van der Waals surface area contributed by atoms with Crippen molar-refractivity contribution in [2.75, 3.05) is 0 Å². The van der Waals surface area contributed by atoms with E-state index in [1.165, 1.54) is 19.3 Å². The number of halogens is 1. The molecule has 0 radical (unpaired) electrons. The van der Waals surface area contributed by atoms with E-state index >= 15 is 0 Å². The van der Waals surface area contributed by atoms with Gasteiger partial charge in [-0.15, -0.1) is 0 Å². The van der Waals surface area contributed by atoms with Gasteiger partial charge in [0.2, 0.25) is 0 Å². The summed E-state index contributed by atoms with van der Waals surface area (Å²) >= 11 is 3.48. The molecule has 3 heteroatoms. The zero-order valence-corrected chi connectivity index (χ0v) is 13.5. The van der Waals surface area contributed by atoms with Gasteiger partial charge in [0.15, 0.2) is 0 Å². The molecule has 1 amide bonds. The van der Waals surface area contributed by atoms with E-state index in [-0.39, 0.29) is 17.4 Å². The van der Waals surface area contributed by atoms with E-state index in [0.29, 0.717) is 0 Å². The van der Waals surface area contributed by atoms with Gasteiger partial charge in [0.1, 0.15) is 0 Å². The molecular weight excluding hydrogens is 302 g/mol. The maximum Gasteiger partial charge on any atom is 0.251 e. The molecule has 1 atom stereocenters. The SMILES string of the molecule is Cc1ccc(C(=O)NC2CCCCC2(C)C)cc1Br. The van der Waals surface area contributed by atoms with Crippen LogP contribution in [0.1, 0.15) is 55.5 Å². The lowest BCUT2D eigenvalue weighted by Crippen LogP contribution is -2.46. The monoisotopic (exact) mass is 323 g/mol. The Morgan fingerprint density at radius 1 is 1.37 bits per heavy atom. The maximum atomic E-state index is 12.3. The van der Waals surface area contributed by atoms with Crippen molar-refractivity contribution in [3.8, 4) is 0 Å². The zero-order chi connectivity index (χ0) is 14.0. The summed E-state index contributed by atoms with van der Waals surface area (Å²) in [5, 5.41) is 3.21. The first-order chi connectivity index (χ1) is 8.90. The smallest absolute Gasteiger partial charge is 0.251 e. The molecule has 0 aromatic heterocycles. The van der Waals surface area contributed by atoms with Gasteiger partial charge < -0.3 is 5.32 Å². The predicted molar refractivity (Wildman–Crippen MR) is 82.4 cm³/mol. The van der Waals surface area contributed by atoms with E-state index in [9.17, 15) is 4.79 Å². The Labute approximate surface area is 124 Å². The zero-order valence-electron chi connectivity index (χ0n) is 11.9. The Morgan fingerprint density at radius 2 is 2.11 bits per heavy atom. The van der Waals surface area contributed by atoms with E-state index in [2.05, 4.69) is 35.1 Å². The molecule has 0 heterocycles. The summed E-state index contributed by atoms with van der Waals surface area (Å²) in [4.78, 5) is 12.3. The van der Waals surface area contributed by atoms with Gasteiger partial charge in [0.25, 0.3) is 5.91 Å². The third-order valence-corrected chi connectivity index (χ3v) is 5.10. The highest BCUT2D eigenvalue weighted by Gasteiger charge is 2.33. The fourth-order valence-corrected chi connectivity index (χ4v) is 3.12. The van der Waals surface area contributed by atoms with Crippen molar-refractivity contribution in [3.63, 3.8) is 0 Å². The Hall–Kier alpha value is -0.830. The third kappa shape index (κ3) is 3.38. The Balaban J connectivity index is 2.10. The number of benzene rings is 1. The summed E-state index contributed by atoms with van der Waals surface area (Å²) in [7, 11) is 0. The average molecular weight is 324 g/mol. The van der Waals surface area contributed by atoms with Crippen molar-refractivity contribution >= 4 is 21.8 Å².